The first kappa shape index (κ1) is 22.8. The van der Waals surface area contributed by atoms with E-state index in [0.29, 0.717) is 36.0 Å². The van der Waals surface area contributed by atoms with Crippen molar-refractivity contribution < 1.29 is 24.2 Å². The summed E-state index contributed by atoms with van der Waals surface area (Å²) in [6.45, 7) is 4.58. The fourth-order valence-electron chi connectivity index (χ4n) is 4.79. The van der Waals surface area contributed by atoms with Gasteiger partial charge in [0, 0.05) is 18.3 Å². The molecule has 1 amide bonds. The summed E-state index contributed by atoms with van der Waals surface area (Å²) in [5.41, 5.74) is 0.963. The van der Waals surface area contributed by atoms with Crippen LogP contribution in [-0.4, -0.2) is 45.9 Å². The quantitative estimate of drug-likeness (QED) is 0.376. The molecule has 0 radical (unpaired) electrons. The zero-order chi connectivity index (χ0) is 23.4. The number of amides is 1. The minimum Gasteiger partial charge on any atom is -0.507 e. The van der Waals surface area contributed by atoms with E-state index in [1.54, 1.807) is 41.4 Å². The summed E-state index contributed by atoms with van der Waals surface area (Å²) in [7, 11) is 0. The van der Waals surface area contributed by atoms with E-state index >= 15 is 0 Å². The lowest BCUT2D eigenvalue weighted by Crippen LogP contribution is -2.40. The Bertz CT molecular complexity index is 1040. The molecule has 2 fully saturated rings. The van der Waals surface area contributed by atoms with Crippen molar-refractivity contribution in [2.45, 2.75) is 58.0 Å². The number of rotatable bonds is 7. The maximum absolute atomic E-state index is 13.3. The summed E-state index contributed by atoms with van der Waals surface area (Å²) in [4.78, 5) is 32.6. The van der Waals surface area contributed by atoms with Crippen LogP contribution in [0, 0.1) is 0 Å². The lowest BCUT2D eigenvalue weighted by atomic mass is 9.92. The third kappa shape index (κ3) is 4.45. The monoisotopic (exact) mass is 450 g/mol. The van der Waals surface area contributed by atoms with E-state index in [-0.39, 0.29) is 17.4 Å². The molecule has 1 atom stereocenters. The van der Waals surface area contributed by atoms with Crippen molar-refractivity contribution in [1.29, 1.82) is 0 Å². The average molecular weight is 451 g/mol. The first-order chi connectivity index (χ1) is 16.1. The number of hydrogen-bond donors (Lipinski definition) is 1. The highest BCUT2D eigenvalue weighted by Crippen LogP contribution is 2.43. The Balaban J connectivity index is 1.86. The van der Waals surface area contributed by atoms with Crippen LogP contribution in [-0.2, 0) is 9.59 Å². The summed E-state index contributed by atoms with van der Waals surface area (Å²) in [6, 6.07) is 9.68. The molecular formula is C26H30N2O5. The molecule has 1 aromatic heterocycles. The van der Waals surface area contributed by atoms with Crippen LogP contribution in [0.2, 0.25) is 0 Å². The van der Waals surface area contributed by atoms with E-state index in [1.165, 1.54) is 0 Å². The van der Waals surface area contributed by atoms with Gasteiger partial charge in [-0.15, -0.1) is 0 Å². The molecule has 1 aliphatic carbocycles. The van der Waals surface area contributed by atoms with Gasteiger partial charge < -0.3 is 19.5 Å². The number of likely N-dealkylation sites (tertiary alicyclic amines) is 1. The number of ketones is 1. The summed E-state index contributed by atoms with van der Waals surface area (Å²) in [6.07, 6.45) is 6.46. The second kappa shape index (κ2) is 10.1. The van der Waals surface area contributed by atoms with E-state index in [1.807, 2.05) is 19.9 Å². The highest BCUT2D eigenvalue weighted by molar-refractivity contribution is 6.46. The Labute approximate surface area is 194 Å². The van der Waals surface area contributed by atoms with Crippen molar-refractivity contribution in [3.63, 3.8) is 0 Å². The van der Waals surface area contributed by atoms with Crippen LogP contribution in [0.25, 0.3) is 5.76 Å². The van der Waals surface area contributed by atoms with Crippen molar-refractivity contribution in [3.8, 4) is 11.5 Å². The topological polar surface area (TPSA) is 89.0 Å². The lowest BCUT2D eigenvalue weighted by Gasteiger charge is -2.35. The fourth-order valence-corrected chi connectivity index (χ4v) is 4.79. The normalized spacial score (nSPS) is 20.8. The minimum absolute atomic E-state index is 0.0504. The van der Waals surface area contributed by atoms with Crippen LogP contribution in [0.1, 0.15) is 63.3 Å². The molecule has 1 aliphatic heterocycles. The molecule has 1 saturated carbocycles. The highest BCUT2D eigenvalue weighted by Gasteiger charge is 2.49. The van der Waals surface area contributed by atoms with Gasteiger partial charge in [-0.3, -0.25) is 14.6 Å². The minimum atomic E-state index is -0.740. The molecule has 0 bridgehead atoms. The average Bonchev–Trinajstić information content (AvgIpc) is 3.11. The van der Waals surface area contributed by atoms with Gasteiger partial charge in [-0.2, -0.15) is 0 Å². The molecule has 2 aromatic rings. The van der Waals surface area contributed by atoms with Crippen LogP contribution in [0.3, 0.4) is 0 Å². The Kier molecular flexibility index (Phi) is 6.96. The number of ether oxygens (including phenoxy) is 2. The fraction of sp³-hybridized carbons (Fsp3) is 0.423. The molecule has 2 aliphatic rings. The molecule has 1 saturated heterocycles. The lowest BCUT2D eigenvalue weighted by molar-refractivity contribution is -0.141. The van der Waals surface area contributed by atoms with Gasteiger partial charge in [0.2, 0.25) is 0 Å². The molecule has 0 spiro atoms. The zero-order valence-corrected chi connectivity index (χ0v) is 19.1. The molecule has 7 nitrogen and oxygen atoms in total. The summed E-state index contributed by atoms with van der Waals surface area (Å²) >= 11 is 0. The number of aliphatic hydroxyl groups excluding tert-OH is 1. The number of pyridine rings is 1. The van der Waals surface area contributed by atoms with Gasteiger partial charge in [-0.1, -0.05) is 25.3 Å². The van der Waals surface area contributed by atoms with Gasteiger partial charge in [0.15, 0.2) is 0 Å². The predicted octanol–water partition coefficient (Wildman–Crippen LogP) is 4.63. The van der Waals surface area contributed by atoms with E-state index in [9.17, 15) is 14.7 Å². The number of aromatic nitrogens is 1. The molecule has 33 heavy (non-hydrogen) atoms. The van der Waals surface area contributed by atoms with Crippen molar-refractivity contribution in [2.24, 2.45) is 0 Å². The Morgan fingerprint density at radius 1 is 1.06 bits per heavy atom. The number of carbonyl (C=O) groups is 2. The number of Topliss-reactive ketones (excluding diaryl/α,β-unsaturated/α-hetero) is 1. The smallest absolute Gasteiger partial charge is 0.295 e. The first-order valence-corrected chi connectivity index (χ1v) is 11.7. The van der Waals surface area contributed by atoms with Crippen molar-refractivity contribution in [1.82, 2.24) is 9.88 Å². The number of hydrogen-bond acceptors (Lipinski definition) is 6. The Morgan fingerprint density at radius 3 is 2.48 bits per heavy atom. The molecular weight excluding hydrogens is 420 g/mol. The first-order valence-electron chi connectivity index (χ1n) is 11.7. The van der Waals surface area contributed by atoms with Crippen molar-refractivity contribution in [2.75, 3.05) is 13.2 Å². The van der Waals surface area contributed by atoms with E-state index < -0.39 is 17.7 Å². The molecule has 1 aromatic carbocycles. The molecule has 7 heteroatoms. The summed E-state index contributed by atoms with van der Waals surface area (Å²) in [5.74, 6) is -0.534. The highest BCUT2D eigenvalue weighted by atomic mass is 16.5. The second-order valence-corrected chi connectivity index (χ2v) is 8.28. The zero-order valence-electron chi connectivity index (χ0n) is 19.1. The standard InChI is InChI=1S/C26H30N2O5/c1-3-32-18-13-14-19(21(16-18)33-4-2)24(29)22-23(20-12-8-9-15-27-20)28(26(31)25(22)30)17-10-6-5-7-11-17/h8-9,12-17,23,29H,3-7,10-11H2,1-2H3/b24-22-. The van der Waals surface area contributed by atoms with E-state index in [4.69, 9.17) is 9.47 Å². The van der Waals surface area contributed by atoms with Gasteiger partial charge in [0.1, 0.15) is 23.3 Å². The second-order valence-electron chi connectivity index (χ2n) is 8.28. The number of nitrogens with zero attached hydrogens (tertiary/aromatic N) is 2. The Hall–Kier alpha value is -3.35. The number of aliphatic hydroxyl groups is 1. The maximum atomic E-state index is 13.3. The van der Waals surface area contributed by atoms with Gasteiger partial charge >= 0.3 is 0 Å². The van der Waals surface area contributed by atoms with Gasteiger partial charge in [-0.25, -0.2) is 0 Å². The number of carbonyl (C=O) groups excluding carboxylic acids is 2. The van der Waals surface area contributed by atoms with Gasteiger partial charge in [-0.05, 0) is 51.0 Å². The molecule has 4 rings (SSSR count). The molecule has 2 heterocycles. The molecule has 1 unspecified atom stereocenters. The number of benzene rings is 1. The van der Waals surface area contributed by atoms with E-state index in [0.717, 1.165) is 32.1 Å². The van der Waals surface area contributed by atoms with Crippen LogP contribution in [0.15, 0.2) is 48.2 Å². The van der Waals surface area contributed by atoms with Crippen LogP contribution < -0.4 is 9.47 Å². The van der Waals surface area contributed by atoms with Gasteiger partial charge in [0.25, 0.3) is 11.7 Å². The largest absolute Gasteiger partial charge is 0.507 e. The van der Waals surface area contributed by atoms with Crippen molar-refractivity contribution in [3.05, 3.63) is 59.4 Å². The van der Waals surface area contributed by atoms with E-state index in [2.05, 4.69) is 4.98 Å². The Morgan fingerprint density at radius 2 is 1.82 bits per heavy atom. The molecule has 1 N–H and O–H groups in total. The van der Waals surface area contributed by atoms with Crippen LogP contribution in [0.4, 0.5) is 0 Å². The van der Waals surface area contributed by atoms with Crippen LogP contribution >= 0.6 is 0 Å². The predicted molar refractivity (Wildman–Crippen MR) is 124 cm³/mol. The summed E-state index contributed by atoms with van der Waals surface area (Å²) < 4.78 is 11.3. The van der Waals surface area contributed by atoms with Crippen LogP contribution in [0.5, 0.6) is 11.5 Å². The van der Waals surface area contributed by atoms with Gasteiger partial charge in [0.05, 0.1) is 30.0 Å². The third-order valence-corrected chi connectivity index (χ3v) is 6.24. The SMILES string of the molecule is CCOc1ccc(/C(O)=C2/C(=O)C(=O)N(C3CCCCC3)C2c2ccccn2)c(OCC)c1. The third-order valence-electron chi connectivity index (χ3n) is 6.24. The maximum Gasteiger partial charge on any atom is 0.295 e. The molecule has 174 valence electrons. The summed E-state index contributed by atoms with van der Waals surface area (Å²) in [5, 5.41) is 11.4. The van der Waals surface area contributed by atoms with Crippen molar-refractivity contribution >= 4 is 17.4 Å².